The zero-order valence-corrected chi connectivity index (χ0v) is 12.4. The lowest BCUT2D eigenvalue weighted by molar-refractivity contribution is 0.00332. The van der Waals surface area contributed by atoms with Gasteiger partial charge in [0.05, 0.1) is 25.0 Å². The first kappa shape index (κ1) is 14.7. The van der Waals surface area contributed by atoms with Crippen molar-refractivity contribution in [3.63, 3.8) is 0 Å². The Hall–Kier alpha value is -2.18. The summed E-state index contributed by atoms with van der Waals surface area (Å²) < 4.78 is 5.43. The second-order valence-electron chi connectivity index (χ2n) is 5.42. The molecule has 3 rings (SSSR count). The van der Waals surface area contributed by atoms with E-state index in [1.807, 2.05) is 36.1 Å². The molecule has 0 spiro atoms. The second kappa shape index (κ2) is 6.29. The Bertz CT molecular complexity index is 646. The van der Waals surface area contributed by atoms with Crippen LogP contribution in [0.1, 0.15) is 5.56 Å². The van der Waals surface area contributed by atoms with Gasteiger partial charge in [0, 0.05) is 18.7 Å². The van der Waals surface area contributed by atoms with Gasteiger partial charge < -0.3 is 19.8 Å². The number of hydrogen-bond donors (Lipinski definition) is 2. The molecule has 2 N–H and O–H groups in total. The third kappa shape index (κ3) is 3.03. The second-order valence-corrected chi connectivity index (χ2v) is 5.42. The summed E-state index contributed by atoms with van der Waals surface area (Å²) >= 11 is 0. The summed E-state index contributed by atoms with van der Waals surface area (Å²) in [4.78, 5) is 2.04. The van der Waals surface area contributed by atoms with Crippen molar-refractivity contribution < 1.29 is 14.9 Å². The smallest absolute Gasteiger partial charge is 0.151 e. The topological polar surface area (TPSA) is 78.7 Å². The van der Waals surface area contributed by atoms with Crippen LogP contribution in [-0.4, -0.2) is 52.8 Å². The number of ether oxygens (including phenoxy) is 1. The van der Waals surface area contributed by atoms with Gasteiger partial charge in [0.1, 0.15) is 5.75 Å². The molecule has 0 radical (unpaired) electrons. The number of morpholine rings is 1. The first-order valence-corrected chi connectivity index (χ1v) is 7.28. The summed E-state index contributed by atoms with van der Waals surface area (Å²) in [6, 6.07) is 9.12. The Kier molecular flexibility index (Phi) is 4.22. The van der Waals surface area contributed by atoms with Crippen LogP contribution in [0.2, 0.25) is 0 Å². The Morgan fingerprint density at radius 3 is 2.86 bits per heavy atom. The maximum Gasteiger partial charge on any atom is 0.151 e. The molecule has 1 aromatic heterocycles. The van der Waals surface area contributed by atoms with Gasteiger partial charge >= 0.3 is 0 Å². The first-order valence-electron chi connectivity index (χ1n) is 7.28. The molecule has 22 heavy (non-hydrogen) atoms. The SMILES string of the molecule is Cc1ccc(O)c(-c2ccc(N3CCO[C@H](CO)C3)nn2)c1. The maximum atomic E-state index is 9.95. The van der Waals surface area contributed by atoms with Crippen LogP contribution in [0.4, 0.5) is 5.82 Å². The lowest BCUT2D eigenvalue weighted by atomic mass is 10.1. The first-order chi connectivity index (χ1) is 10.7. The van der Waals surface area contributed by atoms with E-state index >= 15 is 0 Å². The minimum absolute atomic E-state index is 0.000817. The van der Waals surface area contributed by atoms with Gasteiger partial charge in [0.2, 0.25) is 0 Å². The highest BCUT2D eigenvalue weighted by Crippen LogP contribution is 2.28. The van der Waals surface area contributed by atoms with Gasteiger partial charge in [-0.3, -0.25) is 0 Å². The predicted molar refractivity (Wildman–Crippen MR) is 82.9 cm³/mol. The van der Waals surface area contributed by atoms with Gasteiger partial charge in [-0.15, -0.1) is 10.2 Å². The summed E-state index contributed by atoms with van der Waals surface area (Å²) in [6.45, 7) is 3.85. The number of nitrogens with zero attached hydrogens (tertiary/aromatic N) is 3. The largest absolute Gasteiger partial charge is 0.507 e. The Labute approximate surface area is 129 Å². The van der Waals surface area contributed by atoms with Crippen molar-refractivity contribution in [3.8, 4) is 17.0 Å². The number of phenolic OH excluding ortho intramolecular Hbond substituents is 1. The molecule has 1 aliphatic heterocycles. The number of aryl methyl sites for hydroxylation is 1. The molecule has 6 heteroatoms. The van der Waals surface area contributed by atoms with E-state index < -0.39 is 0 Å². The molecule has 0 amide bonds. The van der Waals surface area contributed by atoms with Crippen molar-refractivity contribution in [2.45, 2.75) is 13.0 Å². The molecule has 2 aromatic rings. The van der Waals surface area contributed by atoms with E-state index in [9.17, 15) is 10.2 Å². The van der Waals surface area contributed by atoms with E-state index in [2.05, 4.69) is 10.2 Å². The molecule has 6 nitrogen and oxygen atoms in total. The zero-order chi connectivity index (χ0) is 15.5. The average molecular weight is 301 g/mol. The van der Waals surface area contributed by atoms with Gasteiger partial charge in [-0.1, -0.05) is 11.6 Å². The molecule has 0 saturated carbocycles. The molecule has 1 aliphatic rings. The van der Waals surface area contributed by atoms with Crippen molar-refractivity contribution in [1.29, 1.82) is 0 Å². The number of phenols is 1. The Morgan fingerprint density at radius 2 is 2.14 bits per heavy atom. The standard InChI is InChI=1S/C16H19N3O3/c1-11-2-4-15(21)13(8-11)14-3-5-16(18-17-14)19-6-7-22-12(9-19)10-20/h2-5,8,12,20-21H,6-7,9-10H2,1H3/t12-/m0/s1. The lowest BCUT2D eigenvalue weighted by Crippen LogP contribution is -2.44. The van der Waals surface area contributed by atoms with E-state index in [4.69, 9.17) is 4.74 Å². The fraction of sp³-hybridized carbons (Fsp3) is 0.375. The number of aromatic hydroxyl groups is 1. The zero-order valence-electron chi connectivity index (χ0n) is 12.4. The van der Waals surface area contributed by atoms with Crippen LogP contribution < -0.4 is 4.90 Å². The van der Waals surface area contributed by atoms with Crippen LogP contribution in [0.15, 0.2) is 30.3 Å². The minimum atomic E-state index is -0.184. The van der Waals surface area contributed by atoms with E-state index in [0.717, 1.165) is 17.9 Å². The predicted octanol–water partition coefficient (Wildman–Crippen LogP) is 1.36. The van der Waals surface area contributed by atoms with Crippen LogP contribution in [0.25, 0.3) is 11.3 Å². The molecule has 1 atom stereocenters. The maximum absolute atomic E-state index is 9.95. The molecule has 0 aliphatic carbocycles. The molecular formula is C16H19N3O3. The highest BCUT2D eigenvalue weighted by atomic mass is 16.5. The van der Waals surface area contributed by atoms with Crippen LogP contribution in [0.3, 0.4) is 0 Å². The molecule has 1 aromatic carbocycles. The number of rotatable bonds is 3. The third-order valence-electron chi connectivity index (χ3n) is 3.74. The normalized spacial score (nSPS) is 18.5. The summed E-state index contributed by atoms with van der Waals surface area (Å²) in [6.07, 6.45) is -0.184. The molecule has 116 valence electrons. The lowest BCUT2D eigenvalue weighted by Gasteiger charge is -2.32. The van der Waals surface area contributed by atoms with E-state index in [0.29, 0.717) is 24.4 Å². The monoisotopic (exact) mass is 301 g/mol. The summed E-state index contributed by atoms with van der Waals surface area (Å²) in [5.41, 5.74) is 2.36. The van der Waals surface area contributed by atoms with E-state index in [-0.39, 0.29) is 18.5 Å². The average Bonchev–Trinajstić information content (AvgIpc) is 2.57. The fourth-order valence-electron chi connectivity index (χ4n) is 2.53. The van der Waals surface area contributed by atoms with Crippen LogP contribution >= 0.6 is 0 Å². The Balaban J connectivity index is 1.82. The molecule has 0 bridgehead atoms. The summed E-state index contributed by atoms with van der Waals surface area (Å²) in [7, 11) is 0. The highest BCUT2D eigenvalue weighted by molar-refractivity contribution is 5.67. The number of aromatic nitrogens is 2. The highest BCUT2D eigenvalue weighted by Gasteiger charge is 2.21. The molecule has 1 fully saturated rings. The van der Waals surface area contributed by atoms with Crippen molar-refractivity contribution >= 4 is 5.82 Å². The number of hydrogen-bond acceptors (Lipinski definition) is 6. The van der Waals surface area contributed by atoms with Gasteiger partial charge in [-0.2, -0.15) is 0 Å². The summed E-state index contributed by atoms with van der Waals surface area (Å²) in [5, 5.41) is 27.6. The van der Waals surface area contributed by atoms with Crippen LogP contribution in [-0.2, 0) is 4.74 Å². The molecular weight excluding hydrogens is 282 g/mol. The van der Waals surface area contributed by atoms with Crippen LogP contribution in [0, 0.1) is 6.92 Å². The van der Waals surface area contributed by atoms with Crippen molar-refractivity contribution in [3.05, 3.63) is 35.9 Å². The fourth-order valence-corrected chi connectivity index (χ4v) is 2.53. The van der Waals surface area contributed by atoms with Crippen molar-refractivity contribution in [1.82, 2.24) is 10.2 Å². The minimum Gasteiger partial charge on any atom is -0.507 e. The third-order valence-corrected chi connectivity index (χ3v) is 3.74. The molecule has 0 unspecified atom stereocenters. The molecule has 2 heterocycles. The summed E-state index contributed by atoms with van der Waals surface area (Å²) in [5.74, 6) is 0.942. The number of anilines is 1. The van der Waals surface area contributed by atoms with Gasteiger partial charge in [-0.25, -0.2) is 0 Å². The number of benzene rings is 1. The van der Waals surface area contributed by atoms with E-state index in [1.54, 1.807) is 6.07 Å². The van der Waals surface area contributed by atoms with Gasteiger partial charge in [-0.05, 0) is 31.2 Å². The van der Waals surface area contributed by atoms with E-state index in [1.165, 1.54) is 0 Å². The van der Waals surface area contributed by atoms with Crippen molar-refractivity contribution in [2.75, 3.05) is 31.2 Å². The van der Waals surface area contributed by atoms with Crippen LogP contribution in [0.5, 0.6) is 5.75 Å². The van der Waals surface area contributed by atoms with Gasteiger partial charge in [0.15, 0.2) is 5.82 Å². The number of aliphatic hydroxyl groups excluding tert-OH is 1. The Morgan fingerprint density at radius 1 is 1.27 bits per heavy atom. The van der Waals surface area contributed by atoms with Crippen molar-refractivity contribution in [2.24, 2.45) is 0 Å². The quantitative estimate of drug-likeness (QED) is 0.891. The number of aliphatic hydroxyl groups is 1. The van der Waals surface area contributed by atoms with Gasteiger partial charge in [0.25, 0.3) is 0 Å². The molecule has 1 saturated heterocycles.